The van der Waals surface area contributed by atoms with Crippen LogP contribution in [0.1, 0.15) is 39.0 Å². The van der Waals surface area contributed by atoms with Crippen LogP contribution in [0.4, 0.5) is 11.4 Å². The second-order valence-electron chi connectivity index (χ2n) is 6.77. The maximum absolute atomic E-state index is 12.5. The molecule has 1 aromatic carbocycles. The number of para-hydroxylation sites is 2. The van der Waals surface area contributed by atoms with Gasteiger partial charge in [0.1, 0.15) is 0 Å². The van der Waals surface area contributed by atoms with Crippen LogP contribution in [-0.4, -0.2) is 36.4 Å². The summed E-state index contributed by atoms with van der Waals surface area (Å²) in [5.74, 6) is 1.19. The normalized spacial score (nSPS) is 21.9. The van der Waals surface area contributed by atoms with Crippen LogP contribution in [0.25, 0.3) is 0 Å². The van der Waals surface area contributed by atoms with Crippen molar-refractivity contribution in [2.45, 2.75) is 39.0 Å². The second-order valence-corrected chi connectivity index (χ2v) is 7.96. The number of hydrogen-bond acceptors (Lipinski definition) is 4. The van der Waals surface area contributed by atoms with E-state index in [4.69, 9.17) is 0 Å². The Labute approximate surface area is 148 Å². The Morgan fingerprint density at radius 2 is 1.79 bits per heavy atom. The summed E-state index contributed by atoms with van der Waals surface area (Å²) in [6.07, 6.45) is 5.59. The maximum atomic E-state index is 12.5. The summed E-state index contributed by atoms with van der Waals surface area (Å²) in [5.41, 5.74) is 2.23. The third kappa shape index (κ3) is 4.12. The predicted molar refractivity (Wildman–Crippen MR) is 101 cm³/mol. The van der Waals surface area contributed by atoms with E-state index in [0.29, 0.717) is 6.42 Å². The zero-order valence-corrected chi connectivity index (χ0v) is 15.2. The molecular weight excluding hydrogens is 320 g/mol. The van der Waals surface area contributed by atoms with Gasteiger partial charge in [-0.1, -0.05) is 36.7 Å². The monoisotopic (exact) mass is 346 g/mol. The van der Waals surface area contributed by atoms with E-state index >= 15 is 0 Å². The molecule has 2 aliphatic heterocycles. The van der Waals surface area contributed by atoms with Crippen molar-refractivity contribution in [1.82, 2.24) is 0 Å². The number of carbonyl (C=O) groups excluding carboxylic acids is 2. The van der Waals surface area contributed by atoms with Gasteiger partial charge in [0.25, 0.3) is 0 Å². The highest BCUT2D eigenvalue weighted by molar-refractivity contribution is 8.13. The number of carbonyl (C=O) groups is 2. The van der Waals surface area contributed by atoms with Gasteiger partial charge in [-0.2, -0.15) is 0 Å². The van der Waals surface area contributed by atoms with E-state index in [2.05, 4.69) is 23.1 Å². The Balaban J connectivity index is 1.76. The van der Waals surface area contributed by atoms with Gasteiger partial charge < -0.3 is 9.80 Å². The molecule has 3 rings (SSSR count). The molecule has 2 aliphatic rings. The van der Waals surface area contributed by atoms with Crippen molar-refractivity contribution in [3.63, 3.8) is 0 Å². The van der Waals surface area contributed by atoms with Gasteiger partial charge in [0.2, 0.25) is 5.91 Å². The average molecular weight is 346 g/mol. The van der Waals surface area contributed by atoms with Crippen molar-refractivity contribution in [3.05, 3.63) is 24.3 Å². The van der Waals surface area contributed by atoms with Crippen molar-refractivity contribution in [2.75, 3.05) is 35.2 Å². The summed E-state index contributed by atoms with van der Waals surface area (Å²) < 4.78 is 0. The predicted octanol–water partition coefficient (Wildman–Crippen LogP) is 3.70. The topological polar surface area (TPSA) is 40.6 Å². The number of benzene rings is 1. The Kier molecular flexibility index (Phi) is 5.82. The molecule has 1 amide bonds. The Morgan fingerprint density at radius 1 is 1.12 bits per heavy atom. The van der Waals surface area contributed by atoms with Gasteiger partial charge in [0.05, 0.1) is 11.4 Å². The van der Waals surface area contributed by atoms with Crippen LogP contribution in [0.2, 0.25) is 0 Å². The first kappa shape index (κ1) is 17.3. The maximum Gasteiger partial charge on any atom is 0.227 e. The van der Waals surface area contributed by atoms with Crippen molar-refractivity contribution in [1.29, 1.82) is 0 Å². The van der Waals surface area contributed by atoms with Crippen LogP contribution in [0.5, 0.6) is 0 Å². The molecule has 2 saturated heterocycles. The van der Waals surface area contributed by atoms with Gasteiger partial charge >= 0.3 is 0 Å². The molecule has 0 aromatic heterocycles. The molecule has 1 aromatic rings. The van der Waals surface area contributed by atoms with Crippen molar-refractivity contribution >= 4 is 34.2 Å². The van der Waals surface area contributed by atoms with E-state index in [0.717, 1.165) is 31.1 Å². The number of anilines is 2. The van der Waals surface area contributed by atoms with E-state index in [1.165, 1.54) is 43.1 Å². The standard InChI is InChI=1S/C19H26N2O2S/c1-15(22)24-14-16-12-19(23)21(13-16)18-9-5-4-8-17(18)20-10-6-2-3-7-11-20/h4-5,8-9,16H,2-3,6-7,10-14H2,1H3. The first-order valence-electron chi connectivity index (χ1n) is 8.93. The molecule has 5 heteroatoms. The van der Waals surface area contributed by atoms with Gasteiger partial charge in [-0.15, -0.1) is 0 Å². The summed E-state index contributed by atoms with van der Waals surface area (Å²) in [5, 5.41) is 0.130. The Bertz CT molecular complexity index is 597. The molecule has 130 valence electrons. The summed E-state index contributed by atoms with van der Waals surface area (Å²) in [7, 11) is 0. The molecular formula is C19H26N2O2S. The fourth-order valence-corrected chi connectivity index (χ4v) is 4.33. The molecule has 0 radical (unpaired) electrons. The van der Waals surface area contributed by atoms with Crippen LogP contribution in [0.3, 0.4) is 0 Å². The molecule has 2 fully saturated rings. The van der Waals surface area contributed by atoms with E-state index in [9.17, 15) is 9.59 Å². The number of rotatable bonds is 4. The molecule has 2 heterocycles. The van der Waals surface area contributed by atoms with Crippen molar-refractivity contribution in [2.24, 2.45) is 5.92 Å². The summed E-state index contributed by atoms with van der Waals surface area (Å²) in [4.78, 5) is 28.1. The average Bonchev–Trinajstić information content (AvgIpc) is 2.77. The smallest absolute Gasteiger partial charge is 0.227 e. The highest BCUT2D eigenvalue weighted by atomic mass is 32.2. The molecule has 0 bridgehead atoms. The third-order valence-electron chi connectivity index (χ3n) is 4.85. The van der Waals surface area contributed by atoms with E-state index in [1.807, 2.05) is 11.0 Å². The lowest BCUT2D eigenvalue weighted by molar-refractivity contribution is -0.117. The molecule has 0 N–H and O–H groups in total. The van der Waals surface area contributed by atoms with E-state index < -0.39 is 0 Å². The second kappa shape index (κ2) is 8.06. The fourth-order valence-electron chi connectivity index (χ4n) is 3.63. The first-order valence-corrected chi connectivity index (χ1v) is 9.91. The molecule has 0 saturated carbocycles. The number of amides is 1. The van der Waals surface area contributed by atoms with E-state index in [-0.39, 0.29) is 16.9 Å². The lowest BCUT2D eigenvalue weighted by Crippen LogP contribution is -2.30. The largest absolute Gasteiger partial charge is 0.370 e. The van der Waals surface area contributed by atoms with Crippen LogP contribution in [0, 0.1) is 5.92 Å². The summed E-state index contributed by atoms with van der Waals surface area (Å²) >= 11 is 1.33. The Hall–Kier alpha value is -1.49. The lowest BCUT2D eigenvalue weighted by Gasteiger charge is -2.29. The highest BCUT2D eigenvalue weighted by Crippen LogP contribution is 2.35. The lowest BCUT2D eigenvalue weighted by atomic mass is 10.1. The molecule has 1 atom stereocenters. The van der Waals surface area contributed by atoms with Gasteiger partial charge in [0.15, 0.2) is 5.12 Å². The summed E-state index contributed by atoms with van der Waals surface area (Å²) in [6.45, 7) is 4.46. The number of thioether (sulfide) groups is 1. The van der Waals surface area contributed by atoms with Crippen molar-refractivity contribution in [3.8, 4) is 0 Å². The zero-order chi connectivity index (χ0) is 16.9. The van der Waals surface area contributed by atoms with E-state index in [1.54, 1.807) is 6.92 Å². The van der Waals surface area contributed by atoms with Gasteiger partial charge in [-0.25, -0.2) is 0 Å². The minimum atomic E-state index is 0.130. The third-order valence-corrected chi connectivity index (χ3v) is 5.89. The van der Waals surface area contributed by atoms with Gasteiger partial charge in [0, 0.05) is 38.7 Å². The first-order chi connectivity index (χ1) is 11.6. The molecule has 1 unspecified atom stereocenters. The van der Waals surface area contributed by atoms with Crippen LogP contribution in [-0.2, 0) is 9.59 Å². The number of hydrogen-bond donors (Lipinski definition) is 0. The fraction of sp³-hybridized carbons (Fsp3) is 0.579. The van der Waals surface area contributed by atoms with Gasteiger partial charge in [-0.3, -0.25) is 9.59 Å². The van der Waals surface area contributed by atoms with Crippen LogP contribution >= 0.6 is 11.8 Å². The molecule has 4 nitrogen and oxygen atoms in total. The van der Waals surface area contributed by atoms with Crippen LogP contribution in [0.15, 0.2) is 24.3 Å². The quantitative estimate of drug-likeness (QED) is 0.833. The highest BCUT2D eigenvalue weighted by Gasteiger charge is 2.32. The number of nitrogens with zero attached hydrogens (tertiary/aromatic N) is 2. The summed E-state index contributed by atoms with van der Waals surface area (Å²) in [6, 6.07) is 8.29. The van der Waals surface area contributed by atoms with Crippen LogP contribution < -0.4 is 9.80 Å². The van der Waals surface area contributed by atoms with Gasteiger partial charge in [-0.05, 0) is 30.9 Å². The molecule has 0 spiro atoms. The minimum Gasteiger partial charge on any atom is -0.370 e. The SMILES string of the molecule is CC(=O)SCC1CC(=O)N(c2ccccc2N2CCCCCC2)C1. The molecule has 24 heavy (non-hydrogen) atoms. The molecule has 0 aliphatic carbocycles. The zero-order valence-electron chi connectivity index (χ0n) is 14.4. The Morgan fingerprint density at radius 3 is 2.46 bits per heavy atom. The minimum absolute atomic E-state index is 0.130. The van der Waals surface area contributed by atoms with Crippen molar-refractivity contribution < 1.29 is 9.59 Å².